The second-order valence-corrected chi connectivity index (χ2v) is 6.80. The Morgan fingerprint density at radius 2 is 1.89 bits per heavy atom. The van der Waals surface area contributed by atoms with Crippen LogP contribution in [0.5, 0.6) is 0 Å². The molecule has 0 amide bonds. The predicted molar refractivity (Wildman–Crippen MR) is 77.4 cm³/mol. The van der Waals surface area contributed by atoms with E-state index >= 15 is 0 Å². The molecule has 0 aromatic carbocycles. The first-order chi connectivity index (χ1) is 8.83. The topological polar surface area (TPSA) is 55.6 Å². The molecule has 19 heavy (non-hydrogen) atoms. The van der Waals surface area contributed by atoms with E-state index in [9.17, 15) is 4.79 Å². The van der Waals surface area contributed by atoms with Crippen LogP contribution in [0.15, 0.2) is 0 Å². The maximum atomic E-state index is 11.9. The smallest absolute Gasteiger partial charge is 0.330 e. The van der Waals surface area contributed by atoms with Crippen molar-refractivity contribution in [1.82, 2.24) is 5.06 Å². The Kier molecular flexibility index (Phi) is 5.81. The van der Waals surface area contributed by atoms with E-state index in [4.69, 9.17) is 10.6 Å². The van der Waals surface area contributed by atoms with Crippen LogP contribution in [-0.4, -0.2) is 30.7 Å². The highest BCUT2D eigenvalue weighted by Crippen LogP contribution is 2.39. The quantitative estimate of drug-likeness (QED) is 0.834. The van der Waals surface area contributed by atoms with Gasteiger partial charge in [-0.25, -0.2) is 4.79 Å². The summed E-state index contributed by atoms with van der Waals surface area (Å²) in [5.41, 5.74) is 5.60. The third kappa shape index (κ3) is 4.77. The number of nitrogens with two attached hydrogens (primary N) is 1. The van der Waals surface area contributed by atoms with E-state index in [0.717, 1.165) is 38.9 Å². The molecule has 0 unspecified atom stereocenters. The van der Waals surface area contributed by atoms with Gasteiger partial charge in [-0.1, -0.05) is 13.3 Å². The van der Waals surface area contributed by atoms with Crippen LogP contribution in [0, 0.1) is 10.8 Å². The van der Waals surface area contributed by atoms with Crippen molar-refractivity contribution in [3.8, 4) is 0 Å². The molecule has 1 aliphatic rings. The highest BCUT2D eigenvalue weighted by Gasteiger charge is 2.35. The Bertz CT molecular complexity index is 289. The number of carbonyl (C=O) groups is 1. The standard InChI is InChI=1S/C15H30N2O2/c1-5-15(7-6-10-16)8-11-17(12-9-15)19-13(18)14(2,3)4/h5-12,16H2,1-4H3. The Labute approximate surface area is 117 Å². The van der Waals surface area contributed by atoms with Gasteiger partial charge in [-0.2, -0.15) is 0 Å². The molecule has 1 heterocycles. The molecule has 112 valence electrons. The summed E-state index contributed by atoms with van der Waals surface area (Å²) in [6, 6.07) is 0. The van der Waals surface area contributed by atoms with Gasteiger partial charge in [-0.15, -0.1) is 5.06 Å². The van der Waals surface area contributed by atoms with Crippen LogP contribution in [0.2, 0.25) is 0 Å². The van der Waals surface area contributed by atoms with Gasteiger partial charge < -0.3 is 10.6 Å². The summed E-state index contributed by atoms with van der Waals surface area (Å²) >= 11 is 0. The summed E-state index contributed by atoms with van der Waals surface area (Å²) in [4.78, 5) is 17.3. The molecule has 0 bridgehead atoms. The Balaban J connectivity index is 2.45. The normalized spacial score (nSPS) is 20.3. The number of nitrogens with zero attached hydrogens (tertiary/aromatic N) is 1. The van der Waals surface area contributed by atoms with Crippen LogP contribution < -0.4 is 5.73 Å². The molecule has 4 nitrogen and oxygen atoms in total. The molecule has 0 spiro atoms. The molecule has 0 saturated carbocycles. The number of hydrogen-bond acceptors (Lipinski definition) is 4. The van der Waals surface area contributed by atoms with Gasteiger partial charge in [-0.05, 0) is 58.4 Å². The Hall–Kier alpha value is -0.610. The minimum atomic E-state index is -0.432. The average molecular weight is 270 g/mol. The monoisotopic (exact) mass is 270 g/mol. The molecule has 1 aliphatic heterocycles. The molecule has 1 saturated heterocycles. The number of rotatable bonds is 5. The lowest BCUT2D eigenvalue weighted by Crippen LogP contribution is -2.42. The van der Waals surface area contributed by atoms with Gasteiger partial charge in [0.15, 0.2) is 0 Å². The predicted octanol–water partition coefficient (Wildman–Crippen LogP) is 2.72. The molecule has 0 aromatic heterocycles. The Morgan fingerprint density at radius 1 is 1.32 bits per heavy atom. The Morgan fingerprint density at radius 3 is 2.32 bits per heavy atom. The van der Waals surface area contributed by atoms with Gasteiger partial charge in [0.2, 0.25) is 0 Å². The zero-order chi connectivity index (χ0) is 14.5. The van der Waals surface area contributed by atoms with E-state index < -0.39 is 5.41 Å². The van der Waals surface area contributed by atoms with Crippen LogP contribution in [-0.2, 0) is 9.63 Å². The first-order valence-corrected chi connectivity index (χ1v) is 7.50. The fraction of sp³-hybridized carbons (Fsp3) is 0.933. The van der Waals surface area contributed by atoms with Gasteiger partial charge in [-0.3, -0.25) is 0 Å². The summed E-state index contributed by atoms with van der Waals surface area (Å²) in [7, 11) is 0. The van der Waals surface area contributed by atoms with Crippen molar-refractivity contribution in [2.75, 3.05) is 19.6 Å². The number of hydrogen-bond donors (Lipinski definition) is 1. The third-order valence-corrected chi connectivity index (χ3v) is 4.27. The highest BCUT2D eigenvalue weighted by molar-refractivity contribution is 5.75. The van der Waals surface area contributed by atoms with Crippen LogP contribution >= 0.6 is 0 Å². The van der Waals surface area contributed by atoms with Gasteiger partial charge in [0.1, 0.15) is 0 Å². The van der Waals surface area contributed by atoms with Gasteiger partial charge in [0, 0.05) is 13.1 Å². The van der Waals surface area contributed by atoms with E-state index in [1.54, 1.807) is 0 Å². The largest absolute Gasteiger partial charge is 0.367 e. The summed E-state index contributed by atoms with van der Waals surface area (Å²) in [6.45, 7) is 10.4. The lowest BCUT2D eigenvalue weighted by Gasteiger charge is -2.41. The first kappa shape index (κ1) is 16.4. The fourth-order valence-corrected chi connectivity index (χ4v) is 2.56. The van der Waals surface area contributed by atoms with Crippen molar-refractivity contribution in [2.24, 2.45) is 16.6 Å². The van der Waals surface area contributed by atoms with Crippen LogP contribution in [0.3, 0.4) is 0 Å². The van der Waals surface area contributed by atoms with Crippen molar-refractivity contribution in [3.63, 3.8) is 0 Å². The number of hydroxylamine groups is 2. The van der Waals surface area contributed by atoms with E-state index in [1.807, 2.05) is 25.8 Å². The molecule has 0 radical (unpaired) electrons. The van der Waals surface area contributed by atoms with E-state index in [-0.39, 0.29) is 5.97 Å². The molecule has 4 heteroatoms. The fourth-order valence-electron chi connectivity index (χ4n) is 2.56. The first-order valence-electron chi connectivity index (χ1n) is 7.50. The molecule has 0 aromatic rings. The molecule has 0 aliphatic carbocycles. The average Bonchev–Trinajstić information content (AvgIpc) is 2.37. The van der Waals surface area contributed by atoms with E-state index in [1.165, 1.54) is 12.8 Å². The third-order valence-electron chi connectivity index (χ3n) is 4.27. The van der Waals surface area contributed by atoms with E-state index in [0.29, 0.717) is 5.41 Å². The summed E-state index contributed by atoms with van der Waals surface area (Å²) in [5, 5.41) is 1.84. The maximum Gasteiger partial charge on any atom is 0.330 e. The van der Waals surface area contributed by atoms with Crippen molar-refractivity contribution in [3.05, 3.63) is 0 Å². The molecule has 1 rings (SSSR count). The lowest BCUT2D eigenvalue weighted by molar-refractivity contribution is -0.209. The van der Waals surface area contributed by atoms with Crippen LogP contribution in [0.4, 0.5) is 0 Å². The minimum Gasteiger partial charge on any atom is -0.367 e. The SMILES string of the molecule is CCC1(CCCN)CCN(OC(=O)C(C)(C)C)CC1. The number of carbonyl (C=O) groups excluding carboxylic acids is 1. The molecule has 2 N–H and O–H groups in total. The number of piperidine rings is 1. The van der Waals surface area contributed by atoms with Gasteiger partial charge in [0.25, 0.3) is 0 Å². The van der Waals surface area contributed by atoms with Crippen LogP contribution in [0.25, 0.3) is 0 Å². The van der Waals surface area contributed by atoms with Crippen LogP contribution in [0.1, 0.15) is 59.8 Å². The zero-order valence-electron chi connectivity index (χ0n) is 13.0. The van der Waals surface area contributed by atoms with E-state index in [2.05, 4.69) is 6.92 Å². The van der Waals surface area contributed by atoms with Crippen molar-refractivity contribution >= 4 is 5.97 Å². The second kappa shape index (κ2) is 6.71. The second-order valence-electron chi connectivity index (χ2n) is 6.80. The molecule has 1 fully saturated rings. The maximum absolute atomic E-state index is 11.9. The summed E-state index contributed by atoms with van der Waals surface area (Å²) < 4.78 is 0. The van der Waals surface area contributed by atoms with Crippen molar-refractivity contribution in [1.29, 1.82) is 0 Å². The summed E-state index contributed by atoms with van der Waals surface area (Å²) in [5.74, 6) is -0.140. The molecule has 0 atom stereocenters. The molecular weight excluding hydrogens is 240 g/mol. The minimum absolute atomic E-state index is 0.140. The highest BCUT2D eigenvalue weighted by atomic mass is 16.7. The van der Waals surface area contributed by atoms with Gasteiger partial charge >= 0.3 is 5.97 Å². The van der Waals surface area contributed by atoms with Crippen molar-refractivity contribution in [2.45, 2.75) is 59.8 Å². The lowest BCUT2D eigenvalue weighted by atomic mass is 9.73. The van der Waals surface area contributed by atoms with Gasteiger partial charge in [0.05, 0.1) is 5.41 Å². The summed E-state index contributed by atoms with van der Waals surface area (Å²) in [6.07, 6.45) is 5.67. The zero-order valence-corrected chi connectivity index (χ0v) is 13.0. The van der Waals surface area contributed by atoms with Crippen molar-refractivity contribution < 1.29 is 9.63 Å². The molecular formula is C15H30N2O2.